The standard InChI is InChI=1S/C19H22N2/c1-14-7-8-16(11-15(14)2)13-21-10-9-17-5-4-6-18(12-20-3)19(17)21/h4-11,20H,12-13H2,1-3H3. The maximum Gasteiger partial charge on any atom is 0.0529 e. The third-order valence-corrected chi connectivity index (χ3v) is 4.16. The van der Waals surface area contributed by atoms with Crippen LogP contribution in [0.4, 0.5) is 0 Å². The van der Waals surface area contributed by atoms with E-state index in [0.717, 1.165) is 13.1 Å². The molecule has 0 fully saturated rings. The van der Waals surface area contributed by atoms with Gasteiger partial charge in [-0.3, -0.25) is 0 Å². The summed E-state index contributed by atoms with van der Waals surface area (Å²) < 4.78 is 2.35. The van der Waals surface area contributed by atoms with Gasteiger partial charge in [0.25, 0.3) is 0 Å². The number of nitrogens with one attached hydrogen (secondary N) is 1. The molecule has 2 heteroatoms. The molecule has 0 spiro atoms. The second kappa shape index (κ2) is 5.74. The van der Waals surface area contributed by atoms with Gasteiger partial charge in [0.2, 0.25) is 0 Å². The van der Waals surface area contributed by atoms with Crippen LogP contribution in [0.15, 0.2) is 48.7 Å². The van der Waals surface area contributed by atoms with Crippen LogP contribution in [0.1, 0.15) is 22.3 Å². The lowest BCUT2D eigenvalue weighted by Gasteiger charge is -2.11. The Labute approximate surface area is 126 Å². The molecule has 3 aromatic rings. The molecule has 0 saturated heterocycles. The summed E-state index contributed by atoms with van der Waals surface area (Å²) in [6.07, 6.45) is 2.19. The van der Waals surface area contributed by atoms with Gasteiger partial charge in [0, 0.05) is 19.3 Å². The van der Waals surface area contributed by atoms with Crippen LogP contribution in [0.2, 0.25) is 0 Å². The molecule has 0 aliphatic carbocycles. The van der Waals surface area contributed by atoms with Crippen molar-refractivity contribution in [2.24, 2.45) is 0 Å². The molecule has 0 atom stereocenters. The molecule has 1 heterocycles. The van der Waals surface area contributed by atoms with E-state index < -0.39 is 0 Å². The Bertz CT molecular complexity index is 768. The van der Waals surface area contributed by atoms with Crippen LogP contribution < -0.4 is 5.32 Å². The minimum absolute atomic E-state index is 0.897. The number of hydrogen-bond donors (Lipinski definition) is 1. The minimum atomic E-state index is 0.897. The van der Waals surface area contributed by atoms with Crippen molar-refractivity contribution in [3.63, 3.8) is 0 Å². The molecule has 108 valence electrons. The average Bonchev–Trinajstić information content (AvgIpc) is 2.88. The molecule has 0 bridgehead atoms. The zero-order chi connectivity index (χ0) is 14.8. The van der Waals surface area contributed by atoms with E-state index in [-0.39, 0.29) is 0 Å². The van der Waals surface area contributed by atoms with E-state index in [1.807, 2.05) is 7.05 Å². The van der Waals surface area contributed by atoms with Gasteiger partial charge >= 0.3 is 0 Å². The summed E-state index contributed by atoms with van der Waals surface area (Å²) in [7, 11) is 2.00. The molecule has 1 aromatic heterocycles. The van der Waals surface area contributed by atoms with Crippen molar-refractivity contribution in [1.29, 1.82) is 0 Å². The van der Waals surface area contributed by atoms with Gasteiger partial charge in [0.15, 0.2) is 0 Å². The number of benzene rings is 2. The third-order valence-electron chi connectivity index (χ3n) is 4.16. The minimum Gasteiger partial charge on any atom is -0.343 e. The highest BCUT2D eigenvalue weighted by molar-refractivity contribution is 5.83. The van der Waals surface area contributed by atoms with Crippen LogP contribution in [0.5, 0.6) is 0 Å². The summed E-state index contributed by atoms with van der Waals surface area (Å²) in [5.41, 5.74) is 6.76. The predicted molar refractivity (Wildman–Crippen MR) is 89.7 cm³/mol. The van der Waals surface area contributed by atoms with Crippen LogP contribution in [0.25, 0.3) is 10.9 Å². The second-order valence-electron chi connectivity index (χ2n) is 5.75. The monoisotopic (exact) mass is 278 g/mol. The summed E-state index contributed by atoms with van der Waals surface area (Å²) in [6, 6.07) is 15.5. The van der Waals surface area contributed by atoms with Gasteiger partial charge in [-0.1, -0.05) is 36.4 Å². The lowest BCUT2D eigenvalue weighted by atomic mass is 10.1. The van der Waals surface area contributed by atoms with Gasteiger partial charge in [-0.25, -0.2) is 0 Å². The Morgan fingerprint density at radius 1 is 1.00 bits per heavy atom. The van der Waals surface area contributed by atoms with Crippen LogP contribution in [-0.4, -0.2) is 11.6 Å². The fourth-order valence-corrected chi connectivity index (χ4v) is 2.90. The topological polar surface area (TPSA) is 17.0 Å². The number of aryl methyl sites for hydroxylation is 2. The van der Waals surface area contributed by atoms with Gasteiger partial charge in [0.1, 0.15) is 0 Å². The first-order chi connectivity index (χ1) is 10.2. The quantitative estimate of drug-likeness (QED) is 0.762. The SMILES string of the molecule is CNCc1cccc2ccn(Cc3ccc(C)c(C)c3)c12. The van der Waals surface area contributed by atoms with E-state index in [9.17, 15) is 0 Å². The van der Waals surface area contributed by atoms with Crippen molar-refractivity contribution in [2.45, 2.75) is 26.9 Å². The highest BCUT2D eigenvalue weighted by Crippen LogP contribution is 2.22. The fourth-order valence-electron chi connectivity index (χ4n) is 2.90. The predicted octanol–water partition coefficient (Wildman–Crippen LogP) is 4.03. The number of aromatic nitrogens is 1. The zero-order valence-corrected chi connectivity index (χ0v) is 13.0. The normalized spacial score (nSPS) is 11.2. The number of para-hydroxylation sites is 1. The highest BCUT2D eigenvalue weighted by atomic mass is 15.0. The van der Waals surface area contributed by atoms with E-state index in [2.05, 4.69) is 72.4 Å². The molecule has 0 aliphatic rings. The van der Waals surface area contributed by atoms with Crippen molar-refractivity contribution in [1.82, 2.24) is 9.88 Å². The first kappa shape index (κ1) is 13.9. The van der Waals surface area contributed by atoms with E-state index >= 15 is 0 Å². The Hall–Kier alpha value is -2.06. The largest absolute Gasteiger partial charge is 0.343 e. The molecule has 2 aromatic carbocycles. The van der Waals surface area contributed by atoms with Crippen LogP contribution in [0, 0.1) is 13.8 Å². The summed E-state index contributed by atoms with van der Waals surface area (Å²) in [5.74, 6) is 0. The van der Waals surface area contributed by atoms with Crippen LogP contribution in [-0.2, 0) is 13.1 Å². The molecule has 21 heavy (non-hydrogen) atoms. The molecule has 0 radical (unpaired) electrons. The Kier molecular flexibility index (Phi) is 3.80. The third kappa shape index (κ3) is 2.72. The Morgan fingerprint density at radius 2 is 1.86 bits per heavy atom. The second-order valence-corrected chi connectivity index (χ2v) is 5.75. The molecule has 2 nitrogen and oxygen atoms in total. The maximum absolute atomic E-state index is 3.26. The number of nitrogens with zero attached hydrogens (tertiary/aromatic N) is 1. The lowest BCUT2D eigenvalue weighted by Crippen LogP contribution is -2.08. The lowest BCUT2D eigenvalue weighted by molar-refractivity contribution is 0.795. The summed E-state index contributed by atoms with van der Waals surface area (Å²) >= 11 is 0. The van der Waals surface area contributed by atoms with E-state index in [1.165, 1.54) is 33.2 Å². The van der Waals surface area contributed by atoms with Crippen molar-refractivity contribution >= 4 is 10.9 Å². The van der Waals surface area contributed by atoms with Crippen molar-refractivity contribution in [3.8, 4) is 0 Å². The fraction of sp³-hybridized carbons (Fsp3) is 0.263. The van der Waals surface area contributed by atoms with E-state index in [4.69, 9.17) is 0 Å². The van der Waals surface area contributed by atoms with E-state index in [1.54, 1.807) is 0 Å². The molecular formula is C19H22N2. The zero-order valence-electron chi connectivity index (χ0n) is 13.0. The summed E-state index contributed by atoms with van der Waals surface area (Å²) in [5, 5.41) is 4.57. The molecule has 3 rings (SSSR count). The number of hydrogen-bond acceptors (Lipinski definition) is 1. The van der Waals surface area contributed by atoms with Crippen molar-refractivity contribution in [3.05, 3.63) is 70.9 Å². The summed E-state index contributed by atoms with van der Waals surface area (Å²) in [6.45, 7) is 6.16. The first-order valence-corrected chi connectivity index (χ1v) is 7.46. The average molecular weight is 278 g/mol. The number of rotatable bonds is 4. The molecule has 0 unspecified atom stereocenters. The van der Waals surface area contributed by atoms with Crippen molar-refractivity contribution in [2.75, 3.05) is 7.05 Å². The van der Waals surface area contributed by atoms with Gasteiger partial charge < -0.3 is 9.88 Å². The smallest absolute Gasteiger partial charge is 0.0529 e. The highest BCUT2D eigenvalue weighted by Gasteiger charge is 2.07. The molecular weight excluding hydrogens is 256 g/mol. The Morgan fingerprint density at radius 3 is 2.62 bits per heavy atom. The van der Waals surface area contributed by atoms with Crippen LogP contribution >= 0.6 is 0 Å². The van der Waals surface area contributed by atoms with Gasteiger partial charge in [-0.2, -0.15) is 0 Å². The maximum atomic E-state index is 3.26. The van der Waals surface area contributed by atoms with E-state index in [0.29, 0.717) is 0 Å². The van der Waals surface area contributed by atoms with Crippen LogP contribution in [0.3, 0.4) is 0 Å². The van der Waals surface area contributed by atoms with Crippen molar-refractivity contribution < 1.29 is 0 Å². The van der Waals surface area contributed by atoms with Gasteiger partial charge in [-0.05, 0) is 54.6 Å². The molecule has 0 saturated carbocycles. The molecule has 1 N–H and O–H groups in total. The molecule has 0 amide bonds. The first-order valence-electron chi connectivity index (χ1n) is 7.46. The number of fused-ring (bicyclic) bond motifs is 1. The Balaban J connectivity index is 2.02. The summed E-state index contributed by atoms with van der Waals surface area (Å²) in [4.78, 5) is 0. The van der Waals surface area contributed by atoms with Gasteiger partial charge in [0.05, 0.1) is 5.52 Å². The molecule has 0 aliphatic heterocycles. The van der Waals surface area contributed by atoms with Gasteiger partial charge in [-0.15, -0.1) is 0 Å².